The van der Waals surface area contributed by atoms with Crippen LogP contribution in [0.15, 0.2) is 48.5 Å². The van der Waals surface area contributed by atoms with Gasteiger partial charge in [-0.15, -0.1) is 0 Å². The van der Waals surface area contributed by atoms with Crippen molar-refractivity contribution in [1.29, 1.82) is 5.26 Å². The quantitative estimate of drug-likeness (QED) is 0.503. The van der Waals surface area contributed by atoms with Gasteiger partial charge in [0.25, 0.3) is 0 Å². The third-order valence-electron chi connectivity index (χ3n) is 6.50. The number of nitrogens with zero attached hydrogens (tertiary/aromatic N) is 2. The highest BCUT2D eigenvalue weighted by Crippen LogP contribution is 2.25. The van der Waals surface area contributed by atoms with Gasteiger partial charge in [-0.2, -0.15) is 5.26 Å². The number of rotatable bonds is 9. The van der Waals surface area contributed by atoms with Gasteiger partial charge in [0.1, 0.15) is 29.5 Å². The average molecular weight is 535 g/mol. The normalized spacial score (nSPS) is 17.6. The van der Waals surface area contributed by atoms with E-state index in [-0.39, 0.29) is 24.3 Å². The minimum atomic E-state index is -0.844. The van der Waals surface area contributed by atoms with Gasteiger partial charge in [-0.1, -0.05) is 43.3 Å². The third kappa shape index (κ3) is 8.47. The summed E-state index contributed by atoms with van der Waals surface area (Å²) in [4.78, 5) is 41.3. The number of amides is 3. The van der Waals surface area contributed by atoms with Crippen molar-refractivity contribution in [2.45, 2.75) is 71.2 Å². The van der Waals surface area contributed by atoms with E-state index in [0.717, 1.165) is 11.1 Å². The van der Waals surface area contributed by atoms with Gasteiger partial charge in [0.15, 0.2) is 0 Å². The summed E-state index contributed by atoms with van der Waals surface area (Å²) in [5.74, 6) is -0.0162. The van der Waals surface area contributed by atoms with Crippen molar-refractivity contribution in [3.05, 3.63) is 65.2 Å². The fraction of sp³-hybridized carbons (Fsp3) is 0.467. The predicted molar refractivity (Wildman–Crippen MR) is 147 cm³/mol. The lowest BCUT2D eigenvalue weighted by Crippen LogP contribution is -2.54. The van der Waals surface area contributed by atoms with E-state index in [0.29, 0.717) is 37.1 Å². The van der Waals surface area contributed by atoms with Crippen molar-refractivity contribution in [3.63, 3.8) is 0 Å². The van der Waals surface area contributed by atoms with Gasteiger partial charge in [-0.05, 0) is 69.2 Å². The first-order valence-electron chi connectivity index (χ1n) is 13.2. The molecule has 0 aromatic heterocycles. The molecule has 3 atom stereocenters. The number of nitrogens with one attached hydrogen (secondary N) is 2. The fourth-order valence-electron chi connectivity index (χ4n) is 4.65. The molecule has 39 heavy (non-hydrogen) atoms. The summed E-state index contributed by atoms with van der Waals surface area (Å²) in [5, 5.41) is 14.9. The van der Waals surface area contributed by atoms with Crippen LogP contribution in [0, 0.1) is 17.2 Å². The summed E-state index contributed by atoms with van der Waals surface area (Å²) in [6.07, 6.45) is 0.795. The van der Waals surface area contributed by atoms with Gasteiger partial charge in [-0.25, -0.2) is 4.79 Å². The van der Waals surface area contributed by atoms with Crippen LogP contribution < -0.4 is 15.4 Å². The van der Waals surface area contributed by atoms with Crippen LogP contribution in [-0.4, -0.2) is 54.1 Å². The summed E-state index contributed by atoms with van der Waals surface area (Å²) in [7, 11) is 1.49. The van der Waals surface area contributed by atoms with Crippen LogP contribution in [0.3, 0.4) is 0 Å². The van der Waals surface area contributed by atoms with Crippen molar-refractivity contribution in [3.8, 4) is 11.8 Å². The maximum atomic E-state index is 13.8. The number of likely N-dealkylation sites (tertiary alicyclic amines) is 1. The Balaban J connectivity index is 1.73. The van der Waals surface area contributed by atoms with E-state index in [9.17, 15) is 19.6 Å². The van der Waals surface area contributed by atoms with Crippen molar-refractivity contribution >= 4 is 17.9 Å². The predicted octanol–water partition coefficient (Wildman–Crippen LogP) is 3.95. The van der Waals surface area contributed by atoms with E-state index in [1.54, 1.807) is 43.9 Å². The topological polar surface area (TPSA) is 121 Å². The smallest absolute Gasteiger partial charge is 0.408 e. The van der Waals surface area contributed by atoms with E-state index in [1.807, 2.05) is 37.3 Å². The highest BCUT2D eigenvalue weighted by molar-refractivity contribution is 5.92. The SMILES string of the molecule is COc1cc(CNC(=O)[C@@H]2C[C@H](C)CN2C(=O)[C@@H](CCc2ccccc2)NC(=O)OC(C)(C)C)ccc1C#N. The van der Waals surface area contributed by atoms with Crippen LogP contribution in [-0.2, 0) is 27.3 Å². The van der Waals surface area contributed by atoms with Gasteiger partial charge < -0.3 is 25.0 Å². The molecule has 9 nitrogen and oxygen atoms in total. The zero-order chi connectivity index (χ0) is 28.6. The fourth-order valence-corrected chi connectivity index (χ4v) is 4.65. The number of aryl methyl sites for hydroxylation is 1. The molecule has 2 aromatic carbocycles. The first-order valence-corrected chi connectivity index (χ1v) is 13.2. The molecule has 3 rings (SSSR count). The largest absolute Gasteiger partial charge is 0.495 e. The number of alkyl carbamates (subject to hydrolysis) is 1. The van der Waals surface area contributed by atoms with Crippen molar-refractivity contribution in [2.75, 3.05) is 13.7 Å². The van der Waals surface area contributed by atoms with E-state index in [2.05, 4.69) is 16.7 Å². The first kappa shape index (κ1) is 29.5. The second-order valence-electron chi connectivity index (χ2n) is 10.9. The minimum absolute atomic E-state index is 0.121. The number of carbonyl (C=O) groups excluding carboxylic acids is 3. The van der Waals surface area contributed by atoms with E-state index >= 15 is 0 Å². The average Bonchev–Trinajstić information content (AvgIpc) is 3.30. The highest BCUT2D eigenvalue weighted by Gasteiger charge is 2.40. The summed E-state index contributed by atoms with van der Waals surface area (Å²) in [6, 6.07) is 15.4. The lowest BCUT2D eigenvalue weighted by Gasteiger charge is -2.29. The molecular formula is C30H38N4O5. The molecule has 0 aliphatic carbocycles. The van der Waals surface area contributed by atoms with Gasteiger partial charge in [0.2, 0.25) is 11.8 Å². The van der Waals surface area contributed by atoms with Crippen LogP contribution in [0.2, 0.25) is 0 Å². The number of hydrogen-bond donors (Lipinski definition) is 2. The van der Waals surface area contributed by atoms with E-state index in [4.69, 9.17) is 9.47 Å². The molecule has 0 saturated carbocycles. The molecular weight excluding hydrogens is 496 g/mol. The Labute approximate surface area is 230 Å². The Hall–Kier alpha value is -4.06. The van der Waals surface area contributed by atoms with Gasteiger partial charge in [0.05, 0.1) is 12.7 Å². The molecule has 1 aliphatic heterocycles. The number of carbonyl (C=O) groups is 3. The molecule has 1 saturated heterocycles. The molecule has 9 heteroatoms. The highest BCUT2D eigenvalue weighted by atomic mass is 16.6. The number of methoxy groups -OCH3 is 1. The van der Waals surface area contributed by atoms with Gasteiger partial charge in [0, 0.05) is 13.1 Å². The van der Waals surface area contributed by atoms with Crippen molar-refractivity contribution < 1.29 is 23.9 Å². The molecule has 0 radical (unpaired) electrons. The Morgan fingerprint density at radius 3 is 2.49 bits per heavy atom. The zero-order valence-electron chi connectivity index (χ0n) is 23.3. The molecule has 2 N–H and O–H groups in total. The van der Waals surface area contributed by atoms with Crippen LogP contribution in [0.1, 0.15) is 57.2 Å². The Morgan fingerprint density at radius 2 is 1.85 bits per heavy atom. The summed E-state index contributed by atoms with van der Waals surface area (Å²) in [5.41, 5.74) is 1.52. The second kappa shape index (κ2) is 13.1. The second-order valence-corrected chi connectivity index (χ2v) is 10.9. The minimum Gasteiger partial charge on any atom is -0.495 e. The number of benzene rings is 2. The summed E-state index contributed by atoms with van der Waals surface area (Å²) < 4.78 is 10.7. The molecule has 1 aliphatic rings. The van der Waals surface area contributed by atoms with Gasteiger partial charge in [-0.3, -0.25) is 9.59 Å². The maximum Gasteiger partial charge on any atom is 0.408 e. The lowest BCUT2D eigenvalue weighted by atomic mass is 10.0. The van der Waals surface area contributed by atoms with Crippen LogP contribution in [0.25, 0.3) is 0 Å². The van der Waals surface area contributed by atoms with Gasteiger partial charge >= 0.3 is 6.09 Å². The Bertz CT molecular complexity index is 1200. The molecule has 1 fully saturated rings. The lowest BCUT2D eigenvalue weighted by molar-refractivity contribution is -0.140. The Kier molecular flexibility index (Phi) is 9.94. The van der Waals surface area contributed by atoms with Crippen molar-refractivity contribution in [1.82, 2.24) is 15.5 Å². The van der Waals surface area contributed by atoms with Crippen LogP contribution in [0.5, 0.6) is 5.75 Å². The van der Waals surface area contributed by atoms with Crippen LogP contribution >= 0.6 is 0 Å². The zero-order valence-corrected chi connectivity index (χ0v) is 23.3. The maximum absolute atomic E-state index is 13.8. The molecule has 2 aromatic rings. The van der Waals surface area contributed by atoms with E-state index < -0.39 is 23.8 Å². The molecule has 0 spiro atoms. The number of ether oxygens (including phenoxy) is 2. The molecule has 3 amide bonds. The number of hydrogen-bond acceptors (Lipinski definition) is 6. The number of nitriles is 1. The third-order valence-corrected chi connectivity index (χ3v) is 6.50. The molecule has 0 bridgehead atoms. The van der Waals surface area contributed by atoms with Crippen LogP contribution in [0.4, 0.5) is 4.79 Å². The monoisotopic (exact) mass is 534 g/mol. The Morgan fingerprint density at radius 1 is 1.13 bits per heavy atom. The molecule has 1 heterocycles. The molecule has 208 valence electrons. The molecule has 0 unspecified atom stereocenters. The van der Waals surface area contributed by atoms with Crippen molar-refractivity contribution in [2.24, 2.45) is 5.92 Å². The standard InChI is InChI=1S/C30H38N4O5/c1-20-15-25(27(35)32-18-22-11-13-23(17-31)26(16-22)38-5)34(19-20)28(36)24(33-29(37)39-30(2,3)4)14-12-21-9-7-6-8-10-21/h6-11,13,16,20,24-25H,12,14-15,18-19H2,1-5H3,(H,32,35)(H,33,37)/t20-,24+,25-/m0/s1. The summed E-state index contributed by atoms with van der Waals surface area (Å²) >= 11 is 0. The first-order chi connectivity index (χ1) is 18.5. The van der Waals surface area contributed by atoms with E-state index in [1.165, 1.54) is 7.11 Å². The summed E-state index contributed by atoms with van der Waals surface area (Å²) in [6.45, 7) is 7.93.